The van der Waals surface area contributed by atoms with Crippen molar-refractivity contribution in [2.24, 2.45) is 0 Å². The molecule has 4 heterocycles. The lowest BCUT2D eigenvalue weighted by atomic mass is 10.3. The number of imidazole rings is 1. The van der Waals surface area contributed by atoms with Crippen LogP contribution in [0.25, 0.3) is 4.96 Å². The summed E-state index contributed by atoms with van der Waals surface area (Å²) in [7, 11) is 0. The van der Waals surface area contributed by atoms with Crippen LogP contribution in [0.1, 0.15) is 23.4 Å². The Bertz CT molecular complexity index is 879. The predicted molar refractivity (Wildman–Crippen MR) is 82.9 cm³/mol. The van der Waals surface area contributed by atoms with Crippen LogP contribution in [0.3, 0.4) is 0 Å². The van der Waals surface area contributed by atoms with Gasteiger partial charge in [-0.15, -0.1) is 0 Å². The Labute approximate surface area is 130 Å². The van der Waals surface area contributed by atoms with E-state index in [-0.39, 0.29) is 5.56 Å². The van der Waals surface area contributed by atoms with Crippen molar-refractivity contribution < 1.29 is 0 Å². The highest BCUT2D eigenvalue weighted by Crippen LogP contribution is 2.15. The predicted octanol–water partition coefficient (Wildman–Crippen LogP) is 0.926. The van der Waals surface area contributed by atoms with Crippen LogP contribution in [-0.2, 0) is 26.1 Å². The molecule has 0 unspecified atom stereocenters. The van der Waals surface area contributed by atoms with Crippen molar-refractivity contribution in [3.8, 4) is 0 Å². The van der Waals surface area contributed by atoms with E-state index >= 15 is 0 Å². The van der Waals surface area contributed by atoms with Gasteiger partial charge >= 0.3 is 0 Å². The van der Waals surface area contributed by atoms with Crippen LogP contribution in [0.4, 0.5) is 0 Å². The van der Waals surface area contributed by atoms with E-state index in [0.29, 0.717) is 11.5 Å². The highest BCUT2D eigenvalue weighted by atomic mass is 32.1. The smallest absolute Gasteiger partial charge is 0.275 e. The molecular weight excluding hydrogens is 300 g/mol. The molecule has 0 spiro atoms. The summed E-state index contributed by atoms with van der Waals surface area (Å²) in [5, 5.41) is 5.21. The standard InChI is InChI=1S/C14H16N6OS/c1-2-12-17-20-13(21)7-10(16-14(20)22-12)8-18-5-6-19-4-3-15-11(19)9-18/h3-4,7H,2,5-6,8-9H2,1H3. The molecule has 0 saturated carbocycles. The molecule has 0 atom stereocenters. The summed E-state index contributed by atoms with van der Waals surface area (Å²) in [6, 6.07) is 1.59. The van der Waals surface area contributed by atoms with Crippen LogP contribution in [0.15, 0.2) is 23.3 Å². The van der Waals surface area contributed by atoms with Gasteiger partial charge in [0.1, 0.15) is 10.8 Å². The lowest BCUT2D eigenvalue weighted by molar-refractivity contribution is 0.206. The number of aryl methyl sites for hydroxylation is 1. The average molecular weight is 316 g/mol. The Kier molecular flexibility index (Phi) is 3.27. The maximum Gasteiger partial charge on any atom is 0.275 e. The third-order valence-corrected chi connectivity index (χ3v) is 4.90. The maximum atomic E-state index is 12.2. The van der Waals surface area contributed by atoms with E-state index in [1.54, 1.807) is 6.07 Å². The second-order valence-corrected chi connectivity index (χ2v) is 6.42. The normalized spacial score (nSPS) is 15.3. The molecule has 0 radical (unpaired) electrons. The van der Waals surface area contributed by atoms with E-state index in [9.17, 15) is 4.79 Å². The monoisotopic (exact) mass is 316 g/mol. The van der Waals surface area contributed by atoms with Crippen molar-refractivity contribution >= 4 is 16.3 Å². The average Bonchev–Trinajstić information content (AvgIpc) is 3.12. The van der Waals surface area contributed by atoms with Crippen LogP contribution in [0.2, 0.25) is 0 Å². The molecule has 3 aromatic heterocycles. The van der Waals surface area contributed by atoms with Gasteiger partial charge in [-0.2, -0.15) is 9.61 Å². The second kappa shape index (κ2) is 5.29. The Morgan fingerprint density at radius 1 is 1.36 bits per heavy atom. The van der Waals surface area contributed by atoms with Crippen LogP contribution < -0.4 is 5.56 Å². The topological polar surface area (TPSA) is 68.3 Å². The van der Waals surface area contributed by atoms with Gasteiger partial charge in [-0.05, 0) is 6.42 Å². The largest absolute Gasteiger partial charge is 0.333 e. The third kappa shape index (κ3) is 2.34. The summed E-state index contributed by atoms with van der Waals surface area (Å²) in [6.07, 6.45) is 4.66. The summed E-state index contributed by atoms with van der Waals surface area (Å²) in [4.78, 5) is 24.1. The van der Waals surface area contributed by atoms with Gasteiger partial charge in [0.05, 0.1) is 12.2 Å². The van der Waals surface area contributed by atoms with Gasteiger partial charge < -0.3 is 4.57 Å². The van der Waals surface area contributed by atoms with E-state index < -0.39 is 0 Å². The highest BCUT2D eigenvalue weighted by molar-refractivity contribution is 7.16. The fourth-order valence-electron chi connectivity index (χ4n) is 2.71. The lowest BCUT2D eigenvalue weighted by Gasteiger charge is -2.26. The molecule has 7 nitrogen and oxygen atoms in total. The van der Waals surface area contributed by atoms with Crippen molar-refractivity contribution in [1.29, 1.82) is 0 Å². The molecule has 0 bridgehead atoms. The molecule has 4 rings (SSSR count). The van der Waals surface area contributed by atoms with E-state index in [1.807, 2.05) is 19.3 Å². The van der Waals surface area contributed by atoms with E-state index in [0.717, 1.165) is 42.6 Å². The van der Waals surface area contributed by atoms with Gasteiger partial charge in [-0.1, -0.05) is 18.3 Å². The first-order valence-electron chi connectivity index (χ1n) is 7.34. The van der Waals surface area contributed by atoms with Crippen LogP contribution in [0, 0.1) is 0 Å². The van der Waals surface area contributed by atoms with Gasteiger partial charge in [0.25, 0.3) is 5.56 Å². The Morgan fingerprint density at radius 2 is 2.27 bits per heavy atom. The third-order valence-electron chi connectivity index (χ3n) is 3.85. The van der Waals surface area contributed by atoms with Gasteiger partial charge in [0.15, 0.2) is 0 Å². The molecule has 1 aliphatic heterocycles. The minimum absolute atomic E-state index is 0.102. The number of aromatic nitrogens is 5. The van der Waals surface area contributed by atoms with E-state index in [1.165, 1.54) is 15.9 Å². The molecule has 22 heavy (non-hydrogen) atoms. The zero-order chi connectivity index (χ0) is 15.1. The van der Waals surface area contributed by atoms with Gasteiger partial charge in [-0.25, -0.2) is 9.97 Å². The molecule has 0 aliphatic carbocycles. The van der Waals surface area contributed by atoms with Crippen molar-refractivity contribution in [3.05, 3.63) is 45.3 Å². The number of hydrogen-bond donors (Lipinski definition) is 0. The van der Waals surface area contributed by atoms with Crippen LogP contribution in [0.5, 0.6) is 0 Å². The highest BCUT2D eigenvalue weighted by Gasteiger charge is 2.18. The van der Waals surface area contributed by atoms with Gasteiger partial charge in [0.2, 0.25) is 4.96 Å². The Hall–Kier alpha value is -2.06. The number of nitrogens with zero attached hydrogens (tertiary/aromatic N) is 6. The molecule has 3 aromatic rings. The summed E-state index contributed by atoms with van der Waals surface area (Å²) < 4.78 is 3.56. The Morgan fingerprint density at radius 3 is 3.14 bits per heavy atom. The molecule has 0 fully saturated rings. The zero-order valence-electron chi connectivity index (χ0n) is 12.3. The maximum absolute atomic E-state index is 12.2. The molecule has 8 heteroatoms. The zero-order valence-corrected chi connectivity index (χ0v) is 13.1. The molecule has 0 amide bonds. The fraction of sp³-hybridized carbons (Fsp3) is 0.429. The number of fused-ring (bicyclic) bond motifs is 2. The second-order valence-electron chi connectivity index (χ2n) is 5.38. The first-order valence-corrected chi connectivity index (χ1v) is 8.15. The van der Waals surface area contributed by atoms with Crippen molar-refractivity contribution in [3.63, 3.8) is 0 Å². The first-order chi connectivity index (χ1) is 10.7. The van der Waals surface area contributed by atoms with Crippen LogP contribution >= 0.6 is 11.3 Å². The fourth-order valence-corrected chi connectivity index (χ4v) is 3.57. The molecule has 0 N–H and O–H groups in total. The van der Waals surface area contributed by atoms with E-state index in [2.05, 4.69) is 24.5 Å². The molecular formula is C14H16N6OS. The lowest BCUT2D eigenvalue weighted by Crippen LogP contribution is -2.33. The van der Waals surface area contributed by atoms with Crippen molar-refractivity contribution in [1.82, 2.24) is 29.0 Å². The van der Waals surface area contributed by atoms with Crippen molar-refractivity contribution in [2.75, 3.05) is 6.54 Å². The molecule has 0 aromatic carbocycles. The SMILES string of the molecule is CCc1nn2c(=O)cc(CN3CCn4ccnc4C3)nc2s1. The summed E-state index contributed by atoms with van der Waals surface area (Å²) >= 11 is 1.48. The molecule has 1 aliphatic rings. The van der Waals surface area contributed by atoms with Gasteiger partial charge in [-0.3, -0.25) is 9.69 Å². The number of rotatable bonds is 3. The molecule has 114 valence electrons. The Balaban J connectivity index is 1.61. The summed E-state index contributed by atoms with van der Waals surface area (Å²) in [5.41, 5.74) is 0.700. The molecule has 0 saturated heterocycles. The summed E-state index contributed by atoms with van der Waals surface area (Å²) in [6.45, 7) is 5.35. The first kappa shape index (κ1) is 13.6. The summed E-state index contributed by atoms with van der Waals surface area (Å²) in [5.74, 6) is 1.06. The minimum Gasteiger partial charge on any atom is -0.333 e. The quantitative estimate of drug-likeness (QED) is 0.719. The van der Waals surface area contributed by atoms with Gasteiger partial charge in [0, 0.05) is 38.1 Å². The minimum atomic E-state index is -0.102. The number of hydrogen-bond acceptors (Lipinski definition) is 6. The van der Waals surface area contributed by atoms with Crippen molar-refractivity contribution in [2.45, 2.75) is 33.0 Å². The van der Waals surface area contributed by atoms with Crippen LogP contribution in [-0.4, -0.2) is 35.6 Å². The van der Waals surface area contributed by atoms with E-state index in [4.69, 9.17) is 0 Å².